The van der Waals surface area contributed by atoms with E-state index in [2.05, 4.69) is 0 Å². The van der Waals surface area contributed by atoms with Gasteiger partial charge in [-0.15, -0.1) is 0 Å². The second-order valence-corrected chi connectivity index (χ2v) is 4.67. The molecule has 1 aliphatic rings. The van der Waals surface area contributed by atoms with Gasteiger partial charge in [0, 0.05) is 18.1 Å². The smallest absolute Gasteiger partial charge is 0.164 e. The van der Waals surface area contributed by atoms with Gasteiger partial charge in [-0.2, -0.15) is 0 Å². The molecule has 1 unspecified atom stereocenters. The number of aliphatic hydroxyl groups is 1. The van der Waals surface area contributed by atoms with Gasteiger partial charge in [-0.25, -0.2) is 0 Å². The van der Waals surface area contributed by atoms with Gasteiger partial charge < -0.3 is 19.3 Å². The van der Waals surface area contributed by atoms with Crippen LogP contribution in [0.1, 0.15) is 17.2 Å². The van der Waals surface area contributed by atoms with Crippen molar-refractivity contribution < 1.29 is 19.3 Å². The van der Waals surface area contributed by atoms with Gasteiger partial charge in [0.25, 0.3) is 0 Å². The van der Waals surface area contributed by atoms with Gasteiger partial charge in [0.1, 0.15) is 11.5 Å². The molecule has 0 radical (unpaired) electrons. The van der Waals surface area contributed by atoms with E-state index in [0.717, 1.165) is 11.3 Å². The largest absolute Gasteiger partial charge is 0.493 e. The normalized spacial score (nSPS) is 16.4. The van der Waals surface area contributed by atoms with E-state index in [1.165, 1.54) is 0 Å². The number of aliphatic hydroxyl groups excluding tert-OH is 1. The summed E-state index contributed by atoms with van der Waals surface area (Å²) in [6.07, 6.45) is -0.119. The summed E-state index contributed by atoms with van der Waals surface area (Å²) in [5, 5.41) is 10.4. The number of hydrogen-bond donors (Lipinski definition) is 1. The van der Waals surface area contributed by atoms with E-state index in [4.69, 9.17) is 14.2 Å². The Bertz CT molecular complexity index is 636. The summed E-state index contributed by atoms with van der Waals surface area (Å²) < 4.78 is 16.5. The Morgan fingerprint density at radius 2 is 1.75 bits per heavy atom. The van der Waals surface area contributed by atoms with E-state index in [0.29, 0.717) is 29.2 Å². The maximum Gasteiger partial charge on any atom is 0.164 e. The first-order valence-electron chi connectivity index (χ1n) is 6.42. The molecule has 4 nitrogen and oxygen atoms in total. The SMILES string of the molecule is COc1cc2c(cc1OC)C(O)Cc1ccccc1O2. The molecule has 20 heavy (non-hydrogen) atoms. The Kier molecular flexibility index (Phi) is 3.24. The molecule has 2 aromatic carbocycles. The minimum Gasteiger partial charge on any atom is -0.493 e. The summed E-state index contributed by atoms with van der Waals surface area (Å²) in [6, 6.07) is 11.2. The van der Waals surface area contributed by atoms with Crippen molar-refractivity contribution >= 4 is 0 Å². The topological polar surface area (TPSA) is 47.9 Å². The van der Waals surface area contributed by atoms with Crippen molar-refractivity contribution in [1.82, 2.24) is 0 Å². The molecule has 104 valence electrons. The lowest BCUT2D eigenvalue weighted by Crippen LogP contribution is -2.01. The molecule has 0 amide bonds. The van der Waals surface area contributed by atoms with Crippen LogP contribution in [-0.4, -0.2) is 19.3 Å². The molecule has 0 saturated heterocycles. The second-order valence-electron chi connectivity index (χ2n) is 4.67. The number of fused-ring (bicyclic) bond motifs is 2. The van der Waals surface area contributed by atoms with Crippen LogP contribution in [-0.2, 0) is 6.42 Å². The lowest BCUT2D eigenvalue weighted by molar-refractivity contribution is 0.178. The van der Waals surface area contributed by atoms with E-state index in [-0.39, 0.29) is 0 Å². The third kappa shape index (κ3) is 2.08. The molecule has 0 fully saturated rings. The molecule has 0 spiro atoms. The van der Waals surface area contributed by atoms with Gasteiger partial charge in [0.05, 0.1) is 20.3 Å². The highest BCUT2D eigenvalue weighted by Crippen LogP contribution is 2.43. The van der Waals surface area contributed by atoms with Crippen LogP contribution in [0, 0.1) is 0 Å². The average molecular weight is 272 g/mol. The summed E-state index contributed by atoms with van der Waals surface area (Å²) in [7, 11) is 3.15. The molecule has 1 N–H and O–H groups in total. The van der Waals surface area contributed by atoms with Crippen LogP contribution in [0.5, 0.6) is 23.0 Å². The molecule has 3 rings (SSSR count). The van der Waals surface area contributed by atoms with Crippen LogP contribution in [0.2, 0.25) is 0 Å². The summed E-state index contributed by atoms with van der Waals surface area (Å²) in [6.45, 7) is 0. The minimum absolute atomic E-state index is 0.513. The van der Waals surface area contributed by atoms with Crippen LogP contribution in [0.4, 0.5) is 0 Å². The highest BCUT2D eigenvalue weighted by molar-refractivity contribution is 5.54. The first kappa shape index (κ1) is 12.8. The summed E-state index contributed by atoms with van der Waals surface area (Å²) in [4.78, 5) is 0. The molecule has 2 aromatic rings. The van der Waals surface area contributed by atoms with Crippen molar-refractivity contribution in [2.75, 3.05) is 14.2 Å². The van der Waals surface area contributed by atoms with Crippen molar-refractivity contribution in [2.24, 2.45) is 0 Å². The third-order valence-corrected chi connectivity index (χ3v) is 3.48. The van der Waals surface area contributed by atoms with Gasteiger partial charge in [0.15, 0.2) is 11.5 Å². The quantitative estimate of drug-likeness (QED) is 0.912. The maximum atomic E-state index is 10.4. The minimum atomic E-state index is -0.631. The number of benzene rings is 2. The molecule has 1 heterocycles. The number of ether oxygens (including phenoxy) is 3. The van der Waals surface area contributed by atoms with Crippen LogP contribution in [0.3, 0.4) is 0 Å². The standard InChI is InChI=1S/C16H16O4/c1-18-15-8-11-12(17)7-10-5-3-4-6-13(10)20-14(11)9-16(15)19-2/h3-6,8-9,12,17H,7H2,1-2H3. The Morgan fingerprint density at radius 1 is 1.05 bits per heavy atom. The molecule has 1 aliphatic heterocycles. The first-order chi connectivity index (χ1) is 9.72. The molecule has 0 bridgehead atoms. The van der Waals surface area contributed by atoms with Gasteiger partial charge in [-0.05, 0) is 17.7 Å². The monoisotopic (exact) mass is 272 g/mol. The van der Waals surface area contributed by atoms with Crippen LogP contribution in [0.15, 0.2) is 36.4 Å². The fraction of sp³-hybridized carbons (Fsp3) is 0.250. The second kappa shape index (κ2) is 5.06. The van der Waals surface area contributed by atoms with Crippen LogP contribution < -0.4 is 14.2 Å². The zero-order chi connectivity index (χ0) is 14.1. The van der Waals surface area contributed by atoms with Gasteiger partial charge >= 0.3 is 0 Å². The van der Waals surface area contributed by atoms with Gasteiger partial charge in [-0.1, -0.05) is 18.2 Å². The highest BCUT2D eigenvalue weighted by Gasteiger charge is 2.24. The van der Waals surface area contributed by atoms with E-state index < -0.39 is 6.10 Å². The molecule has 1 atom stereocenters. The molecule has 0 aromatic heterocycles. The molecule has 4 heteroatoms. The lowest BCUT2D eigenvalue weighted by Gasteiger charge is -2.15. The number of hydrogen-bond acceptors (Lipinski definition) is 4. The molecule has 0 saturated carbocycles. The van der Waals surface area contributed by atoms with Crippen molar-refractivity contribution in [3.63, 3.8) is 0 Å². The van der Waals surface area contributed by atoms with E-state index in [1.54, 1.807) is 26.4 Å². The summed E-state index contributed by atoms with van der Waals surface area (Å²) in [5.41, 5.74) is 1.69. The Hall–Kier alpha value is -2.20. The van der Waals surface area contributed by atoms with Crippen LogP contribution >= 0.6 is 0 Å². The van der Waals surface area contributed by atoms with E-state index >= 15 is 0 Å². The zero-order valence-corrected chi connectivity index (χ0v) is 11.4. The first-order valence-corrected chi connectivity index (χ1v) is 6.42. The summed E-state index contributed by atoms with van der Waals surface area (Å²) in [5.74, 6) is 2.52. The van der Waals surface area contributed by atoms with Crippen molar-refractivity contribution in [2.45, 2.75) is 12.5 Å². The molecular weight excluding hydrogens is 256 g/mol. The van der Waals surface area contributed by atoms with E-state index in [9.17, 15) is 5.11 Å². The summed E-state index contributed by atoms with van der Waals surface area (Å²) >= 11 is 0. The maximum absolute atomic E-state index is 10.4. The Labute approximate surface area is 117 Å². The number of rotatable bonds is 2. The lowest BCUT2D eigenvalue weighted by atomic mass is 10.0. The number of para-hydroxylation sites is 1. The average Bonchev–Trinajstić information content (AvgIpc) is 2.61. The van der Waals surface area contributed by atoms with Crippen molar-refractivity contribution in [3.8, 4) is 23.0 Å². The fourth-order valence-corrected chi connectivity index (χ4v) is 2.43. The molecule has 0 aliphatic carbocycles. The number of methoxy groups -OCH3 is 2. The molecular formula is C16H16O4. The van der Waals surface area contributed by atoms with E-state index in [1.807, 2.05) is 24.3 Å². The van der Waals surface area contributed by atoms with Crippen LogP contribution in [0.25, 0.3) is 0 Å². The van der Waals surface area contributed by atoms with Gasteiger partial charge in [-0.3, -0.25) is 0 Å². The predicted octanol–water partition coefficient (Wildman–Crippen LogP) is 3.09. The highest BCUT2D eigenvalue weighted by atomic mass is 16.5. The Morgan fingerprint density at radius 3 is 2.50 bits per heavy atom. The van der Waals surface area contributed by atoms with Gasteiger partial charge in [0.2, 0.25) is 0 Å². The zero-order valence-electron chi connectivity index (χ0n) is 11.4. The third-order valence-electron chi connectivity index (χ3n) is 3.48. The fourth-order valence-electron chi connectivity index (χ4n) is 2.43. The predicted molar refractivity (Wildman–Crippen MR) is 74.7 cm³/mol. The van der Waals surface area contributed by atoms with Crippen molar-refractivity contribution in [1.29, 1.82) is 0 Å². The Balaban J connectivity index is 2.13. The van der Waals surface area contributed by atoms with Crippen molar-refractivity contribution in [3.05, 3.63) is 47.5 Å².